The molecular formula is C33H44F2. The lowest BCUT2D eigenvalue weighted by Crippen LogP contribution is -2.24. The summed E-state index contributed by atoms with van der Waals surface area (Å²) in [4.78, 5) is 0. The summed E-state index contributed by atoms with van der Waals surface area (Å²) in [6.45, 7) is 4.40. The minimum atomic E-state index is -0.0730. The summed E-state index contributed by atoms with van der Waals surface area (Å²) >= 11 is 0. The van der Waals surface area contributed by atoms with E-state index < -0.39 is 0 Å². The molecule has 190 valence electrons. The second kappa shape index (κ2) is 11.1. The van der Waals surface area contributed by atoms with Crippen molar-refractivity contribution in [3.63, 3.8) is 0 Å². The molecule has 0 heterocycles. The fourth-order valence-electron chi connectivity index (χ4n) is 7.65. The van der Waals surface area contributed by atoms with Crippen molar-refractivity contribution in [2.45, 2.75) is 115 Å². The number of halogens is 2. The first kappa shape index (κ1) is 25.0. The number of rotatable bonds is 5. The smallest absolute Gasteiger partial charge is 0.126 e. The van der Waals surface area contributed by atoms with Crippen LogP contribution in [0.25, 0.3) is 0 Å². The van der Waals surface area contributed by atoms with E-state index in [4.69, 9.17) is 0 Å². The van der Waals surface area contributed by atoms with E-state index in [1.807, 2.05) is 19.1 Å². The van der Waals surface area contributed by atoms with E-state index >= 15 is 4.39 Å². The molecule has 0 radical (unpaired) electrons. The van der Waals surface area contributed by atoms with Gasteiger partial charge in [-0.05, 0) is 141 Å². The van der Waals surface area contributed by atoms with E-state index in [0.29, 0.717) is 17.8 Å². The van der Waals surface area contributed by atoms with E-state index in [1.54, 1.807) is 6.07 Å². The molecule has 0 atom stereocenters. The van der Waals surface area contributed by atoms with Crippen LogP contribution in [0.15, 0.2) is 36.4 Å². The quantitative estimate of drug-likeness (QED) is 0.401. The first-order valence-electron chi connectivity index (χ1n) is 14.6. The molecule has 2 aromatic carbocycles. The third-order valence-electron chi connectivity index (χ3n) is 10.1. The van der Waals surface area contributed by atoms with Crippen molar-refractivity contribution in [2.24, 2.45) is 17.8 Å². The van der Waals surface area contributed by atoms with Crippen LogP contribution >= 0.6 is 0 Å². The van der Waals surface area contributed by atoms with Crippen molar-refractivity contribution in [2.75, 3.05) is 0 Å². The molecule has 0 aromatic heterocycles. The average Bonchev–Trinajstić information content (AvgIpc) is 2.89. The summed E-state index contributed by atoms with van der Waals surface area (Å²) in [5.74, 6) is 3.94. The molecule has 0 aliphatic heterocycles. The molecule has 0 amide bonds. The Kier molecular flexibility index (Phi) is 7.95. The largest absolute Gasteiger partial charge is 0.207 e. The SMILES string of the molecule is CCc1ccc(C2CCC(c3ccc(C4CCC(C5CCC(C)CC5)CC4)cc3F)CC2)cc1F. The molecule has 0 spiro atoms. The molecule has 35 heavy (non-hydrogen) atoms. The van der Waals surface area contributed by atoms with Gasteiger partial charge in [-0.3, -0.25) is 0 Å². The molecule has 0 bridgehead atoms. The predicted molar refractivity (Wildman–Crippen MR) is 142 cm³/mol. The maximum Gasteiger partial charge on any atom is 0.126 e. The normalized spacial score (nSPS) is 31.9. The second-order valence-electron chi connectivity index (χ2n) is 12.2. The second-order valence-corrected chi connectivity index (χ2v) is 12.2. The van der Waals surface area contributed by atoms with Crippen LogP contribution < -0.4 is 0 Å². The molecule has 0 unspecified atom stereocenters. The number of hydrogen-bond donors (Lipinski definition) is 0. The molecule has 5 rings (SSSR count). The van der Waals surface area contributed by atoms with Gasteiger partial charge in [0.2, 0.25) is 0 Å². The lowest BCUT2D eigenvalue weighted by Gasteiger charge is -2.37. The molecule has 3 aliphatic rings. The monoisotopic (exact) mass is 478 g/mol. The highest BCUT2D eigenvalue weighted by Crippen LogP contribution is 2.45. The Morgan fingerprint density at radius 1 is 0.600 bits per heavy atom. The van der Waals surface area contributed by atoms with Gasteiger partial charge in [-0.15, -0.1) is 0 Å². The zero-order valence-corrected chi connectivity index (χ0v) is 21.9. The zero-order valence-electron chi connectivity index (χ0n) is 21.9. The van der Waals surface area contributed by atoms with Crippen molar-refractivity contribution >= 4 is 0 Å². The van der Waals surface area contributed by atoms with E-state index in [-0.39, 0.29) is 11.6 Å². The van der Waals surface area contributed by atoms with Gasteiger partial charge in [-0.2, -0.15) is 0 Å². The van der Waals surface area contributed by atoms with Gasteiger partial charge in [0.05, 0.1) is 0 Å². The zero-order chi connectivity index (χ0) is 24.4. The summed E-state index contributed by atoms with van der Waals surface area (Å²) in [5, 5.41) is 0. The van der Waals surface area contributed by atoms with Crippen LogP contribution in [0, 0.1) is 29.4 Å². The van der Waals surface area contributed by atoms with E-state index in [0.717, 1.165) is 66.5 Å². The van der Waals surface area contributed by atoms with Crippen LogP contribution in [0.2, 0.25) is 0 Å². The highest BCUT2D eigenvalue weighted by Gasteiger charge is 2.31. The standard InChI is InChI=1S/C33H44F2/c1-3-23-8-17-29(20-32(23)34)27-13-15-28(16-14-27)31-19-18-30(21-33(31)35)26-11-9-25(10-12-26)24-6-4-22(2)5-7-24/h8,17-22,24-28H,3-7,9-16H2,1-2H3. The highest BCUT2D eigenvalue weighted by atomic mass is 19.1. The molecule has 3 saturated carbocycles. The molecule has 2 aromatic rings. The lowest BCUT2D eigenvalue weighted by atomic mass is 9.68. The number of aryl methyl sites for hydroxylation is 1. The minimum Gasteiger partial charge on any atom is -0.207 e. The van der Waals surface area contributed by atoms with Gasteiger partial charge in [0.15, 0.2) is 0 Å². The van der Waals surface area contributed by atoms with Gasteiger partial charge < -0.3 is 0 Å². The summed E-state index contributed by atoms with van der Waals surface area (Å²) in [7, 11) is 0. The predicted octanol–water partition coefficient (Wildman–Crippen LogP) is 10.1. The van der Waals surface area contributed by atoms with Crippen molar-refractivity contribution in [1.29, 1.82) is 0 Å². The molecule has 0 saturated heterocycles. The summed E-state index contributed by atoms with van der Waals surface area (Å²) in [5.41, 5.74) is 4.04. The first-order valence-corrected chi connectivity index (χ1v) is 14.6. The molecular weight excluding hydrogens is 434 g/mol. The van der Waals surface area contributed by atoms with Crippen LogP contribution in [-0.2, 0) is 6.42 Å². The molecule has 0 N–H and O–H groups in total. The van der Waals surface area contributed by atoms with Crippen molar-refractivity contribution in [3.8, 4) is 0 Å². The van der Waals surface area contributed by atoms with Crippen molar-refractivity contribution in [1.82, 2.24) is 0 Å². The van der Waals surface area contributed by atoms with Crippen LogP contribution in [0.4, 0.5) is 8.78 Å². The van der Waals surface area contributed by atoms with Gasteiger partial charge >= 0.3 is 0 Å². The van der Waals surface area contributed by atoms with Gasteiger partial charge in [0.1, 0.15) is 11.6 Å². The molecule has 0 nitrogen and oxygen atoms in total. The molecule has 3 fully saturated rings. The van der Waals surface area contributed by atoms with Crippen LogP contribution in [0.1, 0.15) is 131 Å². The third kappa shape index (κ3) is 5.67. The van der Waals surface area contributed by atoms with Crippen LogP contribution in [0.3, 0.4) is 0 Å². The first-order chi connectivity index (χ1) is 17.0. The Balaban J connectivity index is 1.15. The van der Waals surface area contributed by atoms with Crippen molar-refractivity contribution in [3.05, 3.63) is 70.3 Å². The fourth-order valence-corrected chi connectivity index (χ4v) is 7.65. The summed E-state index contributed by atoms with van der Waals surface area (Å²) in [6, 6.07) is 12.0. The van der Waals surface area contributed by atoms with E-state index in [2.05, 4.69) is 25.1 Å². The minimum absolute atomic E-state index is 0.00712. The van der Waals surface area contributed by atoms with Gasteiger partial charge in [0.25, 0.3) is 0 Å². The Morgan fingerprint density at radius 3 is 1.63 bits per heavy atom. The lowest BCUT2D eigenvalue weighted by molar-refractivity contribution is 0.165. The topological polar surface area (TPSA) is 0 Å². The van der Waals surface area contributed by atoms with Gasteiger partial charge in [0, 0.05) is 0 Å². The Hall–Kier alpha value is -1.70. The van der Waals surface area contributed by atoms with E-state index in [9.17, 15) is 4.39 Å². The fraction of sp³-hybridized carbons (Fsp3) is 0.636. The highest BCUT2D eigenvalue weighted by molar-refractivity contribution is 5.32. The van der Waals surface area contributed by atoms with Crippen LogP contribution in [0.5, 0.6) is 0 Å². The van der Waals surface area contributed by atoms with Crippen LogP contribution in [-0.4, -0.2) is 0 Å². The van der Waals surface area contributed by atoms with Crippen molar-refractivity contribution < 1.29 is 8.78 Å². The number of hydrogen-bond acceptors (Lipinski definition) is 0. The van der Waals surface area contributed by atoms with Gasteiger partial charge in [-0.1, -0.05) is 51.0 Å². The Labute approximate surface area is 211 Å². The average molecular weight is 479 g/mol. The maximum atomic E-state index is 15.3. The molecule has 3 aliphatic carbocycles. The molecule has 2 heteroatoms. The summed E-state index contributed by atoms with van der Waals surface area (Å²) < 4.78 is 29.6. The Bertz CT molecular complexity index is 971. The Morgan fingerprint density at radius 2 is 1.09 bits per heavy atom. The maximum absolute atomic E-state index is 15.3. The number of benzene rings is 2. The summed E-state index contributed by atoms with van der Waals surface area (Å²) in [6.07, 6.45) is 15.6. The van der Waals surface area contributed by atoms with E-state index in [1.165, 1.54) is 56.9 Å². The third-order valence-corrected chi connectivity index (χ3v) is 10.1. The van der Waals surface area contributed by atoms with Gasteiger partial charge in [-0.25, -0.2) is 8.78 Å².